The molecule has 4 rings (SSSR count). The number of aliphatic hydroxyl groups is 2. The molecule has 0 aromatic carbocycles. The number of hydrogen-bond donors (Lipinski definition) is 3. The first kappa shape index (κ1) is 27.3. The molecule has 1 aliphatic heterocycles. The van der Waals surface area contributed by atoms with E-state index in [4.69, 9.17) is 4.74 Å². The van der Waals surface area contributed by atoms with Gasteiger partial charge in [0.25, 0.3) is 5.56 Å². The monoisotopic (exact) mass is 531 g/mol. The summed E-state index contributed by atoms with van der Waals surface area (Å²) in [5, 5.41) is 30.3. The van der Waals surface area contributed by atoms with Gasteiger partial charge in [0.15, 0.2) is 0 Å². The number of aryl methyl sites for hydroxylation is 1. The van der Waals surface area contributed by atoms with Crippen molar-refractivity contribution in [3.63, 3.8) is 0 Å². The molecule has 4 heterocycles. The lowest BCUT2D eigenvalue weighted by Crippen LogP contribution is -2.42. The number of rotatable bonds is 9. The van der Waals surface area contributed by atoms with Crippen LogP contribution >= 0.6 is 0 Å². The number of nitrogens with zero attached hydrogens (tertiary/aromatic N) is 6. The summed E-state index contributed by atoms with van der Waals surface area (Å²) in [6.45, 7) is 4.60. The largest absolute Gasteiger partial charge is 0.394 e. The number of halogens is 1. The molecule has 1 fully saturated rings. The molecule has 0 bridgehead atoms. The molecule has 0 saturated carbocycles. The zero-order valence-electron chi connectivity index (χ0n) is 21.2. The van der Waals surface area contributed by atoms with Crippen LogP contribution in [0, 0.1) is 18.7 Å². The van der Waals surface area contributed by atoms with Gasteiger partial charge in [-0.25, -0.2) is 13.9 Å². The second-order valence-corrected chi connectivity index (χ2v) is 9.57. The molecule has 3 N–H and O–H groups in total. The molecule has 38 heavy (non-hydrogen) atoms. The number of ether oxygens (including phenoxy) is 1. The van der Waals surface area contributed by atoms with Crippen LogP contribution in [0.3, 0.4) is 0 Å². The fraction of sp³-hybridized carbons (Fsp3) is 0.500. The molecule has 0 aliphatic carbocycles. The topological polar surface area (TPSA) is 166 Å². The van der Waals surface area contributed by atoms with Gasteiger partial charge in [-0.05, 0) is 25.0 Å². The van der Waals surface area contributed by atoms with E-state index in [1.165, 1.54) is 40.0 Å². The summed E-state index contributed by atoms with van der Waals surface area (Å²) in [4.78, 5) is 43.0. The minimum atomic E-state index is -0.951. The predicted molar refractivity (Wildman–Crippen MR) is 130 cm³/mol. The number of hydrogen-bond acceptors (Lipinski definition) is 9. The van der Waals surface area contributed by atoms with Crippen LogP contribution < -0.4 is 16.6 Å². The van der Waals surface area contributed by atoms with E-state index in [0.717, 1.165) is 4.57 Å². The number of carbonyl (C=O) groups excluding carboxylic acids is 1. The molecule has 204 valence electrons. The van der Waals surface area contributed by atoms with E-state index < -0.39 is 48.2 Å². The van der Waals surface area contributed by atoms with Crippen LogP contribution in [0.4, 0.5) is 4.39 Å². The summed E-state index contributed by atoms with van der Waals surface area (Å²) >= 11 is 0. The molecule has 3 aromatic heterocycles. The van der Waals surface area contributed by atoms with Crippen LogP contribution in [0.5, 0.6) is 0 Å². The number of nitrogens with one attached hydrogen (secondary N) is 1. The Kier molecular flexibility index (Phi) is 8.14. The first-order valence-electron chi connectivity index (χ1n) is 12.1. The van der Waals surface area contributed by atoms with Gasteiger partial charge in [0.1, 0.15) is 29.9 Å². The van der Waals surface area contributed by atoms with Gasteiger partial charge < -0.3 is 20.3 Å². The Morgan fingerprint density at radius 3 is 2.71 bits per heavy atom. The lowest BCUT2D eigenvalue weighted by molar-refractivity contribution is -0.126. The highest BCUT2D eigenvalue weighted by molar-refractivity contribution is 5.80. The minimum Gasteiger partial charge on any atom is -0.394 e. The molecule has 0 radical (unpaired) electrons. The van der Waals surface area contributed by atoms with Gasteiger partial charge in [-0.15, -0.1) is 5.10 Å². The second-order valence-electron chi connectivity index (χ2n) is 9.57. The second kappa shape index (κ2) is 11.3. The molecular formula is C24H30FN7O6. The lowest BCUT2D eigenvalue weighted by atomic mass is 10.0. The van der Waals surface area contributed by atoms with Gasteiger partial charge in [0, 0.05) is 24.4 Å². The first-order valence-corrected chi connectivity index (χ1v) is 12.1. The highest BCUT2D eigenvalue weighted by Crippen LogP contribution is 2.27. The van der Waals surface area contributed by atoms with Crippen molar-refractivity contribution in [3.8, 4) is 0 Å². The molecule has 1 aliphatic rings. The van der Waals surface area contributed by atoms with Crippen molar-refractivity contribution in [3.05, 3.63) is 74.3 Å². The normalized spacial score (nSPS) is 20.1. The van der Waals surface area contributed by atoms with Gasteiger partial charge in [-0.2, -0.15) is 0 Å². The third kappa shape index (κ3) is 5.71. The Morgan fingerprint density at radius 1 is 1.29 bits per heavy atom. The zero-order chi connectivity index (χ0) is 27.6. The molecule has 1 amide bonds. The van der Waals surface area contributed by atoms with Crippen LogP contribution in [-0.4, -0.2) is 64.0 Å². The number of aliphatic hydroxyl groups excluding tert-OH is 2. The summed E-state index contributed by atoms with van der Waals surface area (Å²) in [6.07, 6.45) is 1.61. The smallest absolute Gasteiger partial charge is 0.333 e. The van der Waals surface area contributed by atoms with Crippen molar-refractivity contribution in [2.24, 2.45) is 5.92 Å². The fourth-order valence-corrected chi connectivity index (χ4v) is 4.39. The Bertz CT molecular complexity index is 1420. The number of amides is 1. The van der Waals surface area contributed by atoms with Gasteiger partial charge in [-0.3, -0.25) is 23.7 Å². The van der Waals surface area contributed by atoms with E-state index in [-0.39, 0.29) is 42.6 Å². The molecule has 3 aromatic rings. The van der Waals surface area contributed by atoms with Crippen LogP contribution in [0.25, 0.3) is 0 Å². The van der Waals surface area contributed by atoms with E-state index in [0.29, 0.717) is 5.69 Å². The van der Waals surface area contributed by atoms with Crippen LogP contribution in [0.15, 0.2) is 40.3 Å². The summed E-state index contributed by atoms with van der Waals surface area (Å²) in [6, 6.07) is 1.68. The van der Waals surface area contributed by atoms with Crippen LogP contribution in [0.1, 0.15) is 49.5 Å². The van der Waals surface area contributed by atoms with E-state index in [2.05, 4.69) is 20.6 Å². The quantitative estimate of drug-likeness (QED) is 0.334. The Balaban J connectivity index is 1.54. The molecule has 1 saturated heterocycles. The van der Waals surface area contributed by atoms with Gasteiger partial charge in [0.05, 0.1) is 37.7 Å². The highest BCUT2D eigenvalue weighted by Gasteiger charge is 2.35. The van der Waals surface area contributed by atoms with E-state index in [9.17, 15) is 29.0 Å². The lowest BCUT2D eigenvalue weighted by Gasteiger charge is -2.20. The summed E-state index contributed by atoms with van der Waals surface area (Å²) in [7, 11) is 0. The van der Waals surface area contributed by atoms with Crippen molar-refractivity contribution in [1.82, 2.24) is 34.4 Å². The molecule has 13 nitrogen and oxygen atoms in total. The van der Waals surface area contributed by atoms with Crippen molar-refractivity contribution in [2.75, 3.05) is 6.61 Å². The van der Waals surface area contributed by atoms with Crippen molar-refractivity contribution in [1.29, 1.82) is 0 Å². The molecule has 4 atom stereocenters. The van der Waals surface area contributed by atoms with Gasteiger partial charge >= 0.3 is 5.69 Å². The number of pyridine rings is 1. The van der Waals surface area contributed by atoms with Crippen molar-refractivity contribution in [2.45, 2.75) is 64.8 Å². The van der Waals surface area contributed by atoms with Crippen LogP contribution in [0.2, 0.25) is 0 Å². The Labute approximate surface area is 216 Å². The Hall–Kier alpha value is -3.75. The zero-order valence-corrected chi connectivity index (χ0v) is 21.2. The number of aromatic nitrogens is 6. The summed E-state index contributed by atoms with van der Waals surface area (Å²) in [5.74, 6) is -1.04. The van der Waals surface area contributed by atoms with Gasteiger partial charge in [0.2, 0.25) is 5.91 Å². The van der Waals surface area contributed by atoms with Gasteiger partial charge in [-0.1, -0.05) is 19.1 Å². The minimum absolute atomic E-state index is 0.0225. The fourth-order valence-electron chi connectivity index (χ4n) is 4.39. The predicted octanol–water partition coefficient (Wildman–Crippen LogP) is -0.353. The molecule has 14 heteroatoms. The summed E-state index contributed by atoms with van der Waals surface area (Å²) in [5.41, 5.74) is -0.301. The van der Waals surface area contributed by atoms with E-state index in [1.807, 2.05) is 13.8 Å². The first-order chi connectivity index (χ1) is 18.1. The van der Waals surface area contributed by atoms with E-state index in [1.54, 1.807) is 6.92 Å². The highest BCUT2D eigenvalue weighted by atomic mass is 19.1. The summed E-state index contributed by atoms with van der Waals surface area (Å²) < 4.78 is 22.6. The maximum atomic E-state index is 13.4. The molecule has 0 unspecified atom stereocenters. The van der Waals surface area contributed by atoms with E-state index >= 15 is 0 Å². The van der Waals surface area contributed by atoms with Crippen molar-refractivity contribution < 1.29 is 24.1 Å². The molecular weight excluding hydrogens is 501 g/mol. The van der Waals surface area contributed by atoms with Crippen LogP contribution in [-0.2, 0) is 22.6 Å². The maximum absolute atomic E-state index is 13.4. The van der Waals surface area contributed by atoms with Crippen molar-refractivity contribution >= 4 is 5.91 Å². The third-order valence-corrected chi connectivity index (χ3v) is 6.35. The molecule has 0 spiro atoms. The third-order valence-electron chi connectivity index (χ3n) is 6.35. The average Bonchev–Trinajstić information content (AvgIpc) is 3.48. The average molecular weight is 532 g/mol. The maximum Gasteiger partial charge on any atom is 0.333 e. The standard InChI is InChI=1S/C24H30FN7O6/c1-13(2)21(22(35)27-8-16-6-15(25)4-5-26-16)32-11-17(28-29-32)10-31-23(36)14(3)9-30(24(31)37)20-7-18(34)19(12-33)38-20/h4-6,9,11,13,18-21,33-34H,7-8,10,12H2,1-3H3,(H,27,35)/t18-,19-,20-,21-/m0/s1. The number of carbonyl (C=O) groups is 1. The Morgan fingerprint density at radius 2 is 2.05 bits per heavy atom. The SMILES string of the molecule is Cc1cn([C@@H]2C[C@H](O)[C@H](CO)O2)c(=O)n(Cc2cn([C@H](C(=O)NCc3cc(F)ccn3)C(C)C)nn2)c1=O.